The fourth-order valence-corrected chi connectivity index (χ4v) is 5.71. The molecule has 0 spiro atoms. The third kappa shape index (κ3) is 3.59. The van der Waals surface area contributed by atoms with Crippen LogP contribution in [-0.2, 0) is 0 Å². The third-order valence-electron chi connectivity index (χ3n) is 7.44. The Hall–Kier alpha value is -4.75. The van der Waals surface area contributed by atoms with Gasteiger partial charge in [0.05, 0.1) is 0 Å². The average molecular weight is 472 g/mol. The Balaban J connectivity index is 1.48. The summed E-state index contributed by atoms with van der Waals surface area (Å²) in [5, 5.41) is 7.60. The van der Waals surface area contributed by atoms with Gasteiger partial charge >= 0.3 is 0 Å². The van der Waals surface area contributed by atoms with Gasteiger partial charge in [0, 0.05) is 17.5 Å². The van der Waals surface area contributed by atoms with Gasteiger partial charge in [-0.2, -0.15) is 0 Å². The van der Waals surface area contributed by atoms with Crippen LogP contribution in [0.4, 0.5) is 0 Å². The predicted octanol–water partition coefficient (Wildman–Crippen LogP) is 9.85. The number of fused-ring (bicyclic) bond motifs is 3. The molecule has 0 aliphatic heterocycles. The molecule has 0 aliphatic rings. The first-order chi connectivity index (χ1) is 18.3. The van der Waals surface area contributed by atoms with E-state index in [1.54, 1.807) is 0 Å². The van der Waals surface area contributed by atoms with E-state index in [4.69, 9.17) is 0 Å². The lowest BCUT2D eigenvalue weighted by Gasteiger charge is -2.18. The van der Waals surface area contributed by atoms with Gasteiger partial charge < -0.3 is 0 Å². The number of pyridine rings is 1. The lowest BCUT2D eigenvalue weighted by molar-refractivity contribution is 1.20. The Kier molecular flexibility index (Phi) is 5.08. The molecule has 1 heterocycles. The molecule has 0 saturated carbocycles. The molecule has 0 unspecified atom stereocenters. The lowest BCUT2D eigenvalue weighted by Crippen LogP contribution is -1.91. The average Bonchev–Trinajstić information content (AvgIpc) is 2.96. The summed E-state index contributed by atoms with van der Waals surface area (Å²) in [4.78, 5) is 4.48. The topological polar surface area (TPSA) is 12.9 Å². The minimum absolute atomic E-state index is 1.05. The SMILES string of the molecule is Cc1ncccc1-c1ccc2cc(-c3c4ccccc4c(-c4ccccc4)c4ccccc34)ccc2c1. The smallest absolute Gasteiger partial charge is 0.0450 e. The molecular formula is C36H25N. The Morgan fingerprint density at radius 1 is 0.432 bits per heavy atom. The molecule has 0 saturated heterocycles. The van der Waals surface area contributed by atoms with E-state index >= 15 is 0 Å². The van der Waals surface area contributed by atoms with Crippen LogP contribution in [-0.4, -0.2) is 4.98 Å². The third-order valence-corrected chi connectivity index (χ3v) is 7.44. The second-order valence-electron chi connectivity index (χ2n) is 9.62. The first-order valence-corrected chi connectivity index (χ1v) is 12.7. The number of hydrogen-bond donors (Lipinski definition) is 0. The molecular weight excluding hydrogens is 446 g/mol. The van der Waals surface area contributed by atoms with E-state index in [9.17, 15) is 0 Å². The molecule has 0 amide bonds. The fourth-order valence-electron chi connectivity index (χ4n) is 5.71. The van der Waals surface area contributed by atoms with Gasteiger partial charge in [-0.25, -0.2) is 0 Å². The van der Waals surface area contributed by atoms with Crippen LogP contribution in [0.1, 0.15) is 5.69 Å². The van der Waals surface area contributed by atoms with Crippen molar-refractivity contribution in [2.24, 2.45) is 0 Å². The zero-order valence-corrected chi connectivity index (χ0v) is 20.6. The van der Waals surface area contributed by atoms with Crippen molar-refractivity contribution >= 4 is 32.3 Å². The van der Waals surface area contributed by atoms with Gasteiger partial charge in [-0.1, -0.05) is 109 Å². The highest BCUT2D eigenvalue weighted by Crippen LogP contribution is 2.44. The Morgan fingerprint density at radius 2 is 0.946 bits per heavy atom. The Labute approximate surface area is 216 Å². The summed E-state index contributed by atoms with van der Waals surface area (Å²) in [6.45, 7) is 2.07. The molecule has 0 N–H and O–H groups in total. The van der Waals surface area contributed by atoms with Crippen molar-refractivity contribution in [1.29, 1.82) is 0 Å². The van der Waals surface area contributed by atoms with Crippen LogP contribution in [0.2, 0.25) is 0 Å². The normalized spacial score (nSPS) is 11.4. The molecule has 7 aromatic rings. The highest BCUT2D eigenvalue weighted by Gasteiger charge is 2.16. The summed E-state index contributed by atoms with van der Waals surface area (Å²) < 4.78 is 0. The molecule has 0 atom stereocenters. The molecule has 6 aromatic carbocycles. The van der Waals surface area contributed by atoms with E-state index < -0.39 is 0 Å². The Bertz CT molecular complexity index is 1880. The van der Waals surface area contributed by atoms with Gasteiger partial charge in [-0.15, -0.1) is 0 Å². The predicted molar refractivity (Wildman–Crippen MR) is 158 cm³/mol. The molecule has 1 heteroatoms. The van der Waals surface area contributed by atoms with Crippen molar-refractivity contribution in [1.82, 2.24) is 4.98 Å². The van der Waals surface area contributed by atoms with E-state index in [2.05, 4.69) is 133 Å². The zero-order valence-electron chi connectivity index (χ0n) is 20.6. The van der Waals surface area contributed by atoms with Crippen LogP contribution in [0.25, 0.3) is 65.7 Å². The van der Waals surface area contributed by atoms with Gasteiger partial charge in [-0.05, 0) is 85.3 Å². The van der Waals surface area contributed by atoms with Crippen LogP contribution in [0.15, 0.2) is 134 Å². The molecule has 0 fully saturated rings. The van der Waals surface area contributed by atoms with Crippen molar-refractivity contribution in [3.05, 3.63) is 139 Å². The summed E-state index contributed by atoms with van der Waals surface area (Å²) in [5.41, 5.74) is 8.52. The van der Waals surface area contributed by atoms with Gasteiger partial charge in [0.2, 0.25) is 0 Å². The largest absolute Gasteiger partial charge is 0.261 e. The van der Waals surface area contributed by atoms with Crippen LogP contribution in [0.5, 0.6) is 0 Å². The summed E-state index contributed by atoms with van der Waals surface area (Å²) in [7, 11) is 0. The molecule has 174 valence electrons. The van der Waals surface area contributed by atoms with Crippen molar-refractivity contribution in [3.8, 4) is 33.4 Å². The van der Waals surface area contributed by atoms with E-state index in [1.165, 1.54) is 65.7 Å². The quantitative estimate of drug-likeness (QED) is 0.234. The molecule has 1 nitrogen and oxygen atoms in total. The standard InChI is InChI=1S/C36H25N/c1-24-30(16-9-21-37-24)28-19-17-27-23-29(20-18-26(27)22-28)36-33-14-7-5-12-31(33)35(25-10-3-2-4-11-25)32-13-6-8-15-34(32)36/h2-23H,1H3. The van der Waals surface area contributed by atoms with Crippen LogP contribution in [0, 0.1) is 6.92 Å². The van der Waals surface area contributed by atoms with Crippen LogP contribution >= 0.6 is 0 Å². The maximum absolute atomic E-state index is 4.48. The minimum atomic E-state index is 1.05. The molecule has 37 heavy (non-hydrogen) atoms. The first-order valence-electron chi connectivity index (χ1n) is 12.7. The maximum Gasteiger partial charge on any atom is 0.0450 e. The van der Waals surface area contributed by atoms with Gasteiger partial charge in [0.15, 0.2) is 0 Å². The number of hydrogen-bond acceptors (Lipinski definition) is 1. The number of aryl methyl sites for hydroxylation is 1. The van der Waals surface area contributed by atoms with Crippen molar-refractivity contribution in [2.75, 3.05) is 0 Å². The monoisotopic (exact) mass is 471 g/mol. The van der Waals surface area contributed by atoms with Gasteiger partial charge in [0.1, 0.15) is 0 Å². The van der Waals surface area contributed by atoms with Gasteiger partial charge in [-0.3, -0.25) is 4.98 Å². The van der Waals surface area contributed by atoms with E-state index in [-0.39, 0.29) is 0 Å². The summed E-state index contributed by atoms with van der Waals surface area (Å²) in [6.07, 6.45) is 1.85. The second kappa shape index (κ2) is 8.72. The summed E-state index contributed by atoms with van der Waals surface area (Å²) >= 11 is 0. The minimum Gasteiger partial charge on any atom is -0.261 e. The van der Waals surface area contributed by atoms with E-state index in [0.29, 0.717) is 0 Å². The van der Waals surface area contributed by atoms with Crippen LogP contribution in [0.3, 0.4) is 0 Å². The van der Waals surface area contributed by atoms with Crippen molar-refractivity contribution < 1.29 is 0 Å². The number of rotatable bonds is 3. The van der Waals surface area contributed by atoms with Crippen molar-refractivity contribution in [3.63, 3.8) is 0 Å². The highest BCUT2D eigenvalue weighted by molar-refractivity contribution is 6.21. The highest BCUT2D eigenvalue weighted by atomic mass is 14.7. The zero-order chi connectivity index (χ0) is 24.8. The molecule has 0 radical (unpaired) electrons. The van der Waals surface area contributed by atoms with Crippen molar-refractivity contribution in [2.45, 2.75) is 6.92 Å². The van der Waals surface area contributed by atoms with E-state index in [1.807, 2.05) is 12.3 Å². The Morgan fingerprint density at radius 3 is 1.54 bits per heavy atom. The molecule has 7 rings (SSSR count). The lowest BCUT2D eigenvalue weighted by atomic mass is 9.85. The molecule has 1 aromatic heterocycles. The van der Waals surface area contributed by atoms with Gasteiger partial charge in [0.25, 0.3) is 0 Å². The first kappa shape index (κ1) is 21.5. The maximum atomic E-state index is 4.48. The number of aromatic nitrogens is 1. The summed E-state index contributed by atoms with van der Waals surface area (Å²) in [5.74, 6) is 0. The van der Waals surface area contributed by atoms with Crippen LogP contribution < -0.4 is 0 Å². The second-order valence-corrected chi connectivity index (χ2v) is 9.62. The number of nitrogens with zero attached hydrogens (tertiary/aromatic N) is 1. The summed E-state index contributed by atoms with van der Waals surface area (Å²) in [6, 6.07) is 46.2. The van der Waals surface area contributed by atoms with E-state index in [0.717, 1.165) is 5.69 Å². The number of benzene rings is 6. The molecule has 0 bridgehead atoms. The molecule has 0 aliphatic carbocycles. The fraction of sp³-hybridized carbons (Fsp3) is 0.0278.